The van der Waals surface area contributed by atoms with Crippen molar-refractivity contribution in [1.82, 2.24) is 19.5 Å². The summed E-state index contributed by atoms with van der Waals surface area (Å²) in [5.74, 6) is 1.81. The highest BCUT2D eigenvalue weighted by Gasteiger charge is 2.21. The predicted octanol–water partition coefficient (Wildman–Crippen LogP) is 2.71. The molecular weight excluding hydrogens is 254 g/mol. The minimum absolute atomic E-state index is 0.0781. The molecule has 0 saturated carbocycles. The van der Waals surface area contributed by atoms with Crippen molar-refractivity contribution in [1.29, 1.82) is 0 Å². The van der Waals surface area contributed by atoms with Gasteiger partial charge in [-0.2, -0.15) is 0 Å². The molecule has 6 heteroatoms. The van der Waals surface area contributed by atoms with Crippen LogP contribution in [0, 0.1) is 5.41 Å². The van der Waals surface area contributed by atoms with Crippen molar-refractivity contribution < 1.29 is 4.42 Å². The third-order valence-electron chi connectivity index (χ3n) is 2.93. The van der Waals surface area contributed by atoms with Gasteiger partial charge < -0.3 is 14.7 Å². The maximum Gasteiger partial charge on any atom is 0.178 e. The van der Waals surface area contributed by atoms with Gasteiger partial charge in [0.15, 0.2) is 28.6 Å². The fraction of sp³-hybridized carbons (Fsp3) is 0.357. The molecule has 0 spiro atoms. The fourth-order valence-corrected chi connectivity index (χ4v) is 2.17. The summed E-state index contributed by atoms with van der Waals surface area (Å²) in [7, 11) is 0. The van der Waals surface area contributed by atoms with E-state index in [1.807, 2.05) is 16.7 Å². The first-order chi connectivity index (χ1) is 9.46. The third-order valence-corrected chi connectivity index (χ3v) is 2.93. The molecular formula is C14H17N5O. The van der Waals surface area contributed by atoms with Gasteiger partial charge in [-0.05, 0) is 17.5 Å². The van der Waals surface area contributed by atoms with E-state index in [4.69, 9.17) is 10.2 Å². The minimum atomic E-state index is 0.0781. The number of nitrogens with zero attached hydrogens (tertiary/aromatic N) is 4. The van der Waals surface area contributed by atoms with E-state index in [9.17, 15) is 0 Å². The van der Waals surface area contributed by atoms with E-state index < -0.39 is 0 Å². The van der Waals surface area contributed by atoms with E-state index >= 15 is 0 Å². The number of aromatic nitrogens is 4. The molecule has 0 aromatic carbocycles. The second-order valence-corrected chi connectivity index (χ2v) is 5.99. The molecule has 104 valence electrons. The van der Waals surface area contributed by atoms with E-state index in [0.29, 0.717) is 17.1 Å². The maximum atomic E-state index is 5.90. The fourth-order valence-electron chi connectivity index (χ4n) is 2.17. The van der Waals surface area contributed by atoms with Crippen molar-refractivity contribution in [2.75, 3.05) is 5.73 Å². The Kier molecular flexibility index (Phi) is 2.74. The van der Waals surface area contributed by atoms with Crippen LogP contribution in [0.3, 0.4) is 0 Å². The van der Waals surface area contributed by atoms with Gasteiger partial charge in [0, 0.05) is 6.54 Å². The average Bonchev–Trinajstić information content (AvgIpc) is 2.96. The zero-order chi connectivity index (χ0) is 14.3. The summed E-state index contributed by atoms with van der Waals surface area (Å²) in [6, 6.07) is 3.72. The molecule has 3 heterocycles. The molecule has 0 atom stereocenters. The first kappa shape index (κ1) is 12.7. The lowest BCUT2D eigenvalue weighted by Gasteiger charge is -2.20. The molecule has 2 N–H and O–H groups in total. The Morgan fingerprint density at radius 1 is 1.30 bits per heavy atom. The van der Waals surface area contributed by atoms with Gasteiger partial charge in [0.25, 0.3) is 0 Å². The molecule has 0 aliphatic heterocycles. The molecule has 0 aliphatic rings. The first-order valence-electron chi connectivity index (χ1n) is 6.46. The number of hydrogen-bond donors (Lipinski definition) is 1. The highest BCUT2D eigenvalue weighted by molar-refractivity contribution is 5.84. The van der Waals surface area contributed by atoms with E-state index in [1.165, 1.54) is 6.33 Å². The summed E-state index contributed by atoms with van der Waals surface area (Å²) in [6.45, 7) is 7.25. The minimum Gasteiger partial charge on any atom is -0.461 e. The van der Waals surface area contributed by atoms with Gasteiger partial charge in [0.05, 0.1) is 6.26 Å². The van der Waals surface area contributed by atoms with Crippen LogP contribution in [0.15, 0.2) is 29.1 Å². The number of nitrogen functional groups attached to an aromatic ring is 1. The van der Waals surface area contributed by atoms with Gasteiger partial charge in [-0.3, -0.25) is 0 Å². The number of fused-ring (bicyclic) bond motifs is 1. The lowest BCUT2D eigenvalue weighted by atomic mass is 9.97. The van der Waals surface area contributed by atoms with Crippen LogP contribution in [0.5, 0.6) is 0 Å². The van der Waals surface area contributed by atoms with Crippen molar-refractivity contribution >= 4 is 17.0 Å². The van der Waals surface area contributed by atoms with Crippen LogP contribution in [0.4, 0.5) is 5.82 Å². The summed E-state index contributed by atoms with van der Waals surface area (Å²) in [5.41, 5.74) is 7.33. The van der Waals surface area contributed by atoms with Crippen LogP contribution in [-0.4, -0.2) is 19.5 Å². The lowest BCUT2D eigenvalue weighted by Crippen LogP contribution is -2.16. The molecule has 0 fully saturated rings. The average molecular weight is 271 g/mol. The Bertz CT molecular complexity index is 737. The molecule has 20 heavy (non-hydrogen) atoms. The van der Waals surface area contributed by atoms with Crippen molar-refractivity contribution in [2.24, 2.45) is 5.41 Å². The van der Waals surface area contributed by atoms with E-state index in [1.54, 1.807) is 6.26 Å². The maximum absolute atomic E-state index is 5.90. The molecule has 0 radical (unpaired) electrons. The summed E-state index contributed by atoms with van der Waals surface area (Å²) < 4.78 is 7.51. The Balaban J connectivity index is 2.27. The van der Waals surface area contributed by atoms with Crippen LogP contribution in [0.2, 0.25) is 0 Å². The van der Waals surface area contributed by atoms with Crippen LogP contribution < -0.4 is 5.73 Å². The zero-order valence-electron chi connectivity index (χ0n) is 11.8. The molecule has 0 unspecified atom stereocenters. The molecule has 3 aromatic rings. The topological polar surface area (TPSA) is 82.8 Å². The van der Waals surface area contributed by atoms with Crippen LogP contribution >= 0.6 is 0 Å². The molecule has 0 aliphatic carbocycles. The van der Waals surface area contributed by atoms with Crippen LogP contribution in [0.1, 0.15) is 20.8 Å². The molecule has 6 nitrogen and oxygen atoms in total. The van der Waals surface area contributed by atoms with Gasteiger partial charge in [0.1, 0.15) is 6.33 Å². The number of furan rings is 1. The summed E-state index contributed by atoms with van der Waals surface area (Å²) in [4.78, 5) is 12.9. The Morgan fingerprint density at radius 2 is 2.10 bits per heavy atom. The predicted molar refractivity (Wildman–Crippen MR) is 76.9 cm³/mol. The normalized spacial score (nSPS) is 12.2. The molecule has 0 amide bonds. The second kappa shape index (κ2) is 4.33. The zero-order valence-corrected chi connectivity index (χ0v) is 11.8. The number of imidazole rings is 1. The number of hydrogen-bond acceptors (Lipinski definition) is 5. The van der Waals surface area contributed by atoms with Gasteiger partial charge in [-0.25, -0.2) is 15.0 Å². The van der Waals surface area contributed by atoms with E-state index in [0.717, 1.165) is 18.0 Å². The molecule has 0 bridgehead atoms. The molecule has 0 saturated heterocycles. The van der Waals surface area contributed by atoms with Crippen LogP contribution in [0.25, 0.3) is 22.7 Å². The Labute approximate surface area is 116 Å². The third kappa shape index (κ3) is 2.13. The van der Waals surface area contributed by atoms with E-state index in [2.05, 4.69) is 35.7 Å². The standard InChI is InChI=1S/C14H17N5O/c1-14(2,3)7-19-12(9-5-4-6-20-9)18-10-11(15)16-8-17-13(10)19/h4-6,8H,7H2,1-3H3,(H2,15,16,17). The van der Waals surface area contributed by atoms with Gasteiger partial charge >= 0.3 is 0 Å². The van der Waals surface area contributed by atoms with Crippen molar-refractivity contribution in [3.8, 4) is 11.6 Å². The van der Waals surface area contributed by atoms with Gasteiger partial charge in [-0.1, -0.05) is 20.8 Å². The largest absolute Gasteiger partial charge is 0.461 e. The van der Waals surface area contributed by atoms with Gasteiger partial charge in [0.2, 0.25) is 0 Å². The smallest absolute Gasteiger partial charge is 0.178 e. The summed E-state index contributed by atoms with van der Waals surface area (Å²) in [6.07, 6.45) is 3.09. The Hall–Kier alpha value is -2.37. The monoisotopic (exact) mass is 271 g/mol. The number of nitrogens with two attached hydrogens (primary N) is 1. The van der Waals surface area contributed by atoms with Gasteiger partial charge in [-0.15, -0.1) is 0 Å². The lowest BCUT2D eigenvalue weighted by molar-refractivity contribution is 0.348. The second-order valence-electron chi connectivity index (χ2n) is 5.99. The highest BCUT2D eigenvalue weighted by Crippen LogP contribution is 2.29. The quantitative estimate of drug-likeness (QED) is 0.774. The van der Waals surface area contributed by atoms with Crippen molar-refractivity contribution in [3.63, 3.8) is 0 Å². The first-order valence-corrected chi connectivity index (χ1v) is 6.46. The van der Waals surface area contributed by atoms with Crippen molar-refractivity contribution in [3.05, 3.63) is 24.7 Å². The SMILES string of the molecule is CC(C)(C)Cn1c(-c2ccco2)nc2c(N)ncnc21. The molecule has 3 rings (SSSR count). The van der Waals surface area contributed by atoms with Crippen LogP contribution in [-0.2, 0) is 6.54 Å². The number of rotatable bonds is 2. The number of anilines is 1. The Morgan fingerprint density at radius 3 is 2.75 bits per heavy atom. The van der Waals surface area contributed by atoms with Crippen molar-refractivity contribution in [2.45, 2.75) is 27.3 Å². The molecule has 3 aromatic heterocycles. The van der Waals surface area contributed by atoms with E-state index in [-0.39, 0.29) is 5.41 Å². The highest BCUT2D eigenvalue weighted by atomic mass is 16.3. The summed E-state index contributed by atoms with van der Waals surface area (Å²) in [5, 5.41) is 0. The summed E-state index contributed by atoms with van der Waals surface area (Å²) >= 11 is 0.